The lowest BCUT2D eigenvalue weighted by Gasteiger charge is -2.13. The highest BCUT2D eigenvalue weighted by molar-refractivity contribution is 5.42. The minimum absolute atomic E-state index is 0.102. The SMILES string of the molecule is CCOCC(C)OCCNc1ccc(F)cc1. The van der Waals surface area contributed by atoms with Gasteiger partial charge in [-0.1, -0.05) is 0 Å². The number of halogens is 1. The van der Waals surface area contributed by atoms with Crippen LogP contribution in [0.25, 0.3) is 0 Å². The molecule has 0 saturated heterocycles. The molecule has 96 valence electrons. The average Bonchev–Trinajstić information content (AvgIpc) is 2.34. The van der Waals surface area contributed by atoms with Crippen LogP contribution in [0.15, 0.2) is 24.3 Å². The summed E-state index contributed by atoms with van der Waals surface area (Å²) in [6.45, 7) is 6.57. The van der Waals surface area contributed by atoms with Gasteiger partial charge in [-0.25, -0.2) is 4.39 Å². The zero-order chi connectivity index (χ0) is 12.5. The summed E-state index contributed by atoms with van der Waals surface area (Å²) in [4.78, 5) is 0. The van der Waals surface area contributed by atoms with Crippen molar-refractivity contribution in [2.75, 3.05) is 31.7 Å². The quantitative estimate of drug-likeness (QED) is 0.710. The third-order valence-electron chi connectivity index (χ3n) is 2.23. The minimum atomic E-state index is -0.225. The van der Waals surface area contributed by atoms with E-state index in [-0.39, 0.29) is 11.9 Å². The van der Waals surface area contributed by atoms with Gasteiger partial charge in [-0.15, -0.1) is 0 Å². The lowest BCUT2D eigenvalue weighted by atomic mass is 10.3. The van der Waals surface area contributed by atoms with Crippen LogP contribution in [0.4, 0.5) is 10.1 Å². The molecule has 1 unspecified atom stereocenters. The molecule has 0 amide bonds. The number of nitrogens with one attached hydrogen (secondary N) is 1. The summed E-state index contributed by atoms with van der Waals surface area (Å²) in [5.74, 6) is -0.225. The monoisotopic (exact) mass is 241 g/mol. The van der Waals surface area contributed by atoms with E-state index < -0.39 is 0 Å². The highest BCUT2D eigenvalue weighted by Crippen LogP contribution is 2.07. The van der Waals surface area contributed by atoms with Crippen LogP contribution in [0.3, 0.4) is 0 Å². The van der Waals surface area contributed by atoms with Gasteiger partial charge in [0, 0.05) is 18.8 Å². The van der Waals surface area contributed by atoms with Gasteiger partial charge in [-0.05, 0) is 38.1 Å². The molecule has 0 saturated carbocycles. The molecule has 0 bridgehead atoms. The zero-order valence-corrected chi connectivity index (χ0v) is 10.4. The summed E-state index contributed by atoms with van der Waals surface area (Å²) in [5.41, 5.74) is 0.896. The van der Waals surface area contributed by atoms with Crippen molar-refractivity contribution in [2.45, 2.75) is 20.0 Å². The van der Waals surface area contributed by atoms with E-state index in [1.165, 1.54) is 12.1 Å². The Morgan fingerprint density at radius 3 is 2.65 bits per heavy atom. The predicted octanol–water partition coefficient (Wildman–Crippen LogP) is 2.68. The molecule has 0 spiro atoms. The molecule has 1 N–H and O–H groups in total. The van der Waals surface area contributed by atoms with Crippen LogP contribution in [0.2, 0.25) is 0 Å². The third kappa shape index (κ3) is 6.24. The van der Waals surface area contributed by atoms with Gasteiger partial charge in [-0.2, -0.15) is 0 Å². The number of benzene rings is 1. The van der Waals surface area contributed by atoms with E-state index >= 15 is 0 Å². The van der Waals surface area contributed by atoms with Gasteiger partial charge in [0.2, 0.25) is 0 Å². The normalized spacial score (nSPS) is 12.4. The van der Waals surface area contributed by atoms with E-state index in [1.54, 1.807) is 12.1 Å². The fourth-order valence-corrected chi connectivity index (χ4v) is 1.36. The van der Waals surface area contributed by atoms with E-state index in [4.69, 9.17) is 9.47 Å². The second-order valence-electron chi connectivity index (χ2n) is 3.77. The van der Waals surface area contributed by atoms with Crippen molar-refractivity contribution in [1.29, 1.82) is 0 Å². The van der Waals surface area contributed by atoms with Crippen molar-refractivity contribution in [1.82, 2.24) is 0 Å². The Labute approximate surface area is 102 Å². The highest BCUT2D eigenvalue weighted by atomic mass is 19.1. The second kappa shape index (κ2) is 8.03. The average molecular weight is 241 g/mol. The Morgan fingerprint density at radius 1 is 1.29 bits per heavy atom. The molecule has 0 aliphatic carbocycles. The number of hydrogen-bond acceptors (Lipinski definition) is 3. The molecular formula is C13H20FNO2. The van der Waals surface area contributed by atoms with Gasteiger partial charge in [0.25, 0.3) is 0 Å². The Bertz CT molecular complexity index is 303. The lowest BCUT2D eigenvalue weighted by molar-refractivity contribution is 0.000871. The zero-order valence-electron chi connectivity index (χ0n) is 10.4. The Kier molecular flexibility index (Phi) is 6.58. The van der Waals surface area contributed by atoms with Crippen molar-refractivity contribution < 1.29 is 13.9 Å². The first-order valence-corrected chi connectivity index (χ1v) is 5.91. The van der Waals surface area contributed by atoms with Crippen molar-refractivity contribution >= 4 is 5.69 Å². The number of rotatable bonds is 8. The van der Waals surface area contributed by atoms with Gasteiger partial charge in [-0.3, -0.25) is 0 Å². The molecule has 0 heterocycles. The van der Waals surface area contributed by atoms with Crippen molar-refractivity contribution in [2.24, 2.45) is 0 Å². The van der Waals surface area contributed by atoms with Gasteiger partial charge < -0.3 is 14.8 Å². The van der Waals surface area contributed by atoms with Crippen LogP contribution in [-0.4, -0.2) is 32.5 Å². The van der Waals surface area contributed by atoms with Crippen LogP contribution in [0, 0.1) is 5.82 Å². The van der Waals surface area contributed by atoms with Crippen molar-refractivity contribution in [3.05, 3.63) is 30.1 Å². The molecule has 0 radical (unpaired) electrons. The lowest BCUT2D eigenvalue weighted by Crippen LogP contribution is -2.20. The Morgan fingerprint density at radius 2 is 2.00 bits per heavy atom. The summed E-state index contributed by atoms with van der Waals surface area (Å²) >= 11 is 0. The molecule has 0 fully saturated rings. The first-order chi connectivity index (χ1) is 8.22. The summed E-state index contributed by atoms with van der Waals surface area (Å²) in [6, 6.07) is 6.28. The largest absolute Gasteiger partial charge is 0.383 e. The Hall–Kier alpha value is -1.13. The van der Waals surface area contributed by atoms with E-state index in [0.717, 1.165) is 5.69 Å². The molecule has 0 aliphatic heterocycles. The molecule has 17 heavy (non-hydrogen) atoms. The molecule has 1 atom stereocenters. The summed E-state index contributed by atoms with van der Waals surface area (Å²) in [7, 11) is 0. The maximum absolute atomic E-state index is 12.6. The van der Waals surface area contributed by atoms with Crippen LogP contribution in [-0.2, 0) is 9.47 Å². The van der Waals surface area contributed by atoms with Gasteiger partial charge in [0.1, 0.15) is 5.82 Å². The highest BCUT2D eigenvalue weighted by Gasteiger charge is 2.00. The summed E-state index contributed by atoms with van der Waals surface area (Å²) < 4.78 is 23.4. The fraction of sp³-hybridized carbons (Fsp3) is 0.538. The number of ether oxygens (including phenoxy) is 2. The Balaban J connectivity index is 2.09. The molecule has 3 nitrogen and oxygen atoms in total. The summed E-state index contributed by atoms with van der Waals surface area (Å²) in [6.07, 6.45) is 0.102. The smallest absolute Gasteiger partial charge is 0.123 e. The van der Waals surface area contributed by atoms with Crippen LogP contribution >= 0.6 is 0 Å². The molecule has 0 aliphatic rings. The minimum Gasteiger partial charge on any atom is -0.383 e. The van der Waals surface area contributed by atoms with Crippen molar-refractivity contribution in [3.63, 3.8) is 0 Å². The van der Waals surface area contributed by atoms with E-state index in [1.807, 2.05) is 13.8 Å². The van der Waals surface area contributed by atoms with Crippen LogP contribution in [0.5, 0.6) is 0 Å². The van der Waals surface area contributed by atoms with E-state index in [9.17, 15) is 4.39 Å². The van der Waals surface area contributed by atoms with Gasteiger partial charge in [0.05, 0.1) is 19.3 Å². The van der Waals surface area contributed by atoms with E-state index in [0.29, 0.717) is 26.4 Å². The molecule has 0 aromatic heterocycles. The maximum atomic E-state index is 12.6. The number of hydrogen-bond donors (Lipinski definition) is 1. The van der Waals surface area contributed by atoms with E-state index in [2.05, 4.69) is 5.32 Å². The predicted molar refractivity (Wildman–Crippen MR) is 66.8 cm³/mol. The molecule has 1 aromatic carbocycles. The standard InChI is InChI=1S/C13H20FNO2/c1-3-16-10-11(2)17-9-8-15-13-6-4-12(14)5-7-13/h4-7,11,15H,3,8-10H2,1-2H3. The number of anilines is 1. The topological polar surface area (TPSA) is 30.5 Å². The van der Waals surface area contributed by atoms with Gasteiger partial charge in [0.15, 0.2) is 0 Å². The fourth-order valence-electron chi connectivity index (χ4n) is 1.36. The second-order valence-corrected chi connectivity index (χ2v) is 3.77. The molecular weight excluding hydrogens is 221 g/mol. The van der Waals surface area contributed by atoms with Crippen molar-refractivity contribution in [3.8, 4) is 0 Å². The molecule has 1 rings (SSSR count). The molecule has 4 heteroatoms. The molecule has 1 aromatic rings. The third-order valence-corrected chi connectivity index (χ3v) is 2.23. The first kappa shape index (κ1) is 13.9. The summed E-state index contributed by atoms with van der Waals surface area (Å²) in [5, 5.41) is 3.15. The van der Waals surface area contributed by atoms with Crippen LogP contribution in [0.1, 0.15) is 13.8 Å². The van der Waals surface area contributed by atoms with Gasteiger partial charge >= 0.3 is 0 Å². The van der Waals surface area contributed by atoms with Crippen LogP contribution < -0.4 is 5.32 Å². The first-order valence-electron chi connectivity index (χ1n) is 5.91. The maximum Gasteiger partial charge on any atom is 0.123 e.